The summed E-state index contributed by atoms with van der Waals surface area (Å²) >= 11 is 4.18. The predicted molar refractivity (Wildman–Crippen MR) is 87.6 cm³/mol. The maximum absolute atomic E-state index is 5.36. The van der Waals surface area contributed by atoms with Crippen molar-refractivity contribution in [2.24, 2.45) is 0 Å². The van der Waals surface area contributed by atoms with Gasteiger partial charge in [-0.3, -0.25) is 0 Å². The van der Waals surface area contributed by atoms with Gasteiger partial charge in [0.2, 0.25) is 0 Å². The van der Waals surface area contributed by atoms with E-state index in [4.69, 9.17) is 4.74 Å². The zero-order valence-electron chi connectivity index (χ0n) is 11.7. The van der Waals surface area contributed by atoms with Gasteiger partial charge in [0.25, 0.3) is 0 Å². The van der Waals surface area contributed by atoms with Gasteiger partial charge in [0, 0.05) is 28.6 Å². The molecular weight excluding hydrogens is 274 g/mol. The van der Waals surface area contributed by atoms with E-state index >= 15 is 0 Å². The van der Waals surface area contributed by atoms with Crippen LogP contribution in [-0.4, -0.2) is 36.2 Å². The van der Waals surface area contributed by atoms with Crippen LogP contribution in [0.1, 0.15) is 24.9 Å². The second-order valence-electron chi connectivity index (χ2n) is 4.69. The summed E-state index contributed by atoms with van der Waals surface area (Å²) in [6.45, 7) is 3.29. The molecule has 2 atom stereocenters. The minimum atomic E-state index is 0.438. The third-order valence-electron chi connectivity index (χ3n) is 3.28. The van der Waals surface area contributed by atoms with Crippen LogP contribution in [0.4, 0.5) is 0 Å². The summed E-state index contributed by atoms with van der Waals surface area (Å²) in [6, 6.07) is 8.94. The van der Waals surface area contributed by atoms with Crippen molar-refractivity contribution < 1.29 is 4.74 Å². The van der Waals surface area contributed by atoms with E-state index in [0.29, 0.717) is 11.3 Å². The van der Waals surface area contributed by atoms with Crippen molar-refractivity contribution in [1.82, 2.24) is 5.32 Å². The molecule has 2 rings (SSSR count). The first-order chi connectivity index (χ1) is 9.35. The molecule has 2 unspecified atom stereocenters. The van der Waals surface area contributed by atoms with Gasteiger partial charge in [-0.2, -0.15) is 23.5 Å². The quantitative estimate of drug-likeness (QED) is 0.866. The minimum Gasteiger partial charge on any atom is -0.497 e. The molecule has 0 bridgehead atoms. The van der Waals surface area contributed by atoms with Crippen molar-refractivity contribution in [3.8, 4) is 5.75 Å². The van der Waals surface area contributed by atoms with Gasteiger partial charge in [-0.1, -0.05) is 19.1 Å². The number of thioether (sulfide) groups is 2. The molecule has 0 aromatic heterocycles. The first-order valence-corrected chi connectivity index (χ1v) is 9.12. The Hall–Kier alpha value is -0.320. The zero-order valence-corrected chi connectivity index (χ0v) is 13.4. The lowest BCUT2D eigenvalue weighted by Crippen LogP contribution is -2.34. The summed E-state index contributed by atoms with van der Waals surface area (Å²) in [5.41, 5.74) is 1.35. The molecule has 106 valence electrons. The molecule has 1 aliphatic heterocycles. The molecular formula is C15H23NOS2. The normalized spacial score (nSPS) is 21.1. The Kier molecular flexibility index (Phi) is 6.41. The van der Waals surface area contributed by atoms with Gasteiger partial charge < -0.3 is 10.1 Å². The fraction of sp³-hybridized carbons (Fsp3) is 0.600. The van der Waals surface area contributed by atoms with Crippen molar-refractivity contribution in [1.29, 1.82) is 0 Å². The smallest absolute Gasteiger partial charge is 0.119 e. The van der Waals surface area contributed by atoms with Gasteiger partial charge in [0.1, 0.15) is 5.75 Å². The second-order valence-corrected chi connectivity index (χ2v) is 7.19. The molecule has 0 aliphatic carbocycles. The highest BCUT2D eigenvalue weighted by atomic mass is 32.2. The molecule has 1 N–H and O–H groups in total. The molecule has 1 aliphatic rings. The lowest BCUT2D eigenvalue weighted by atomic mass is 10.0. The number of rotatable bonds is 6. The number of hydrogen-bond donors (Lipinski definition) is 1. The van der Waals surface area contributed by atoms with E-state index in [1.165, 1.54) is 29.2 Å². The Balaban J connectivity index is 2.14. The average Bonchev–Trinajstić information content (AvgIpc) is 2.49. The summed E-state index contributed by atoms with van der Waals surface area (Å²) in [7, 11) is 1.73. The van der Waals surface area contributed by atoms with Crippen LogP contribution in [0.2, 0.25) is 0 Å². The third kappa shape index (κ3) is 4.33. The van der Waals surface area contributed by atoms with Crippen molar-refractivity contribution in [2.75, 3.05) is 30.9 Å². The molecule has 0 spiro atoms. The molecule has 19 heavy (non-hydrogen) atoms. The lowest BCUT2D eigenvalue weighted by Gasteiger charge is -2.31. The topological polar surface area (TPSA) is 21.3 Å². The summed E-state index contributed by atoms with van der Waals surface area (Å²) in [6.07, 6.45) is 1.17. The van der Waals surface area contributed by atoms with Crippen molar-refractivity contribution in [3.63, 3.8) is 0 Å². The van der Waals surface area contributed by atoms with Gasteiger partial charge >= 0.3 is 0 Å². The monoisotopic (exact) mass is 297 g/mol. The van der Waals surface area contributed by atoms with E-state index in [1.807, 2.05) is 6.07 Å². The van der Waals surface area contributed by atoms with E-state index < -0.39 is 0 Å². The number of ether oxygens (including phenoxy) is 1. The maximum Gasteiger partial charge on any atom is 0.119 e. The summed E-state index contributed by atoms with van der Waals surface area (Å²) < 4.78 is 5.36. The number of nitrogens with one attached hydrogen (secondary N) is 1. The fourth-order valence-corrected chi connectivity index (χ4v) is 5.17. The van der Waals surface area contributed by atoms with Crippen LogP contribution in [-0.2, 0) is 0 Å². The van der Waals surface area contributed by atoms with Gasteiger partial charge in [0.05, 0.1) is 7.11 Å². The summed E-state index contributed by atoms with van der Waals surface area (Å²) in [5, 5.41) is 4.38. The Morgan fingerprint density at radius 2 is 2.32 bits per heavy atom. The van der Waals surface area contributed by atoms with Crippen LogP contribution >= 0.6 is 23.5 Å². The average molecular weight is 297 g/mol. The third-order valence-corrected chi connectivity index (χ3v) is 6.14. The largest absolute Gasteiger partial charge is 0.497 e. The summed E-state index contributed by atoms with van der Waals surface area (Å²) in [5.74, 6) is 4.75. The van der Waals surface area contributed by atoms with E-state index in [1.54, 1.807) is 7.11 Å². The molecule has 0 radical (unpaired) electrons. The molecule has 0 saturated carbocycles. The van der Waals surface area contributed by atoms with Crippen LogP contribution in [0.5, 0.6) is 5.75 Å². The number of methoxy groups -OCH3 is 1. The number of hydrogen-bond acceptors (Lipinski definition) is 4. The molecule has 1 saturated heterocycles. The van der Waals surface area contributed by atoms with Crippen LogP contribution in [0.3, 0.4) is 0 Å². The number of benzene rings is 1. The standard InChI is InChI=1S/C15H23NOS2/c1-3-7-16-15(14-11-18-8-9-19-14)12-5-4-6-13(10-12)17-2/h4-6,10,14-16H,3,7-9,11H2,1-2H3. The van der Waals surface area contributed by atoms with Crippen LogP contribution < -0.4 is 10.1 Å². The highest BCUT2D eigenvalue weighted by Gasteiger charge is 2.25. The highest BCUT2D eigenvalue weighted by molar-refractivity contribution is 8.06. The van der Waals surface area contributed by atoms with Gasteiger partial charge in [-0.25, -0.2) is 0 Å². The van der Waals surface area contributed by atoms with Crippen LogP contribution in [0.15, 0.2) is 24.3 Å². The van der Waals surface area contributed by atoms with E-state index in [9.17, 15) is 0 Å². The molecule has 1 heterocycles. The molecule has 1 aromatic carbocycles. The van der Waals surface area contributed by atoms with Crippen molar-refractivity contribution in [2.45, 2.75) is 24.6 Å². The molecule has 0 amide bonds. The Bertz CT molecular complexity index is 380. The predicted octanol–water partition coefficient (Wildman–Crippen LogP) is 3.58. The molecule has 1 aromatic rings. The first-order valence-electron chi connectivity index (χ1n) is 6.92. The summed E-state index contributed by atoms with van der Waals surface area (Å²) in [4.78, 5) is 0. The minimum absolute atomic E-state index is 0.438. The van der Waals surface area contributed by atoms with E-state index in [0.717, 1.165) is 12.3 Å². The first kappa shape index (κ1) is 15.1. The SMILES string of the molecule is CCCNC(c1cccc(OC)c1)C1CSCCS1. The van der Waals surface area contributed by atoms with Crippen LogP contribution in [0.25, 0.3) is 0 Å². The van der Waals surface area contributed by atoms with Crippen molar-refractivity contribution >= 4 is 23.5 Å². The fourth-order valence-electron chi connectivity index (χ4n) is 2.30. The highest BCUT2D eigenvalue weighted by Crippen LogP contribution is 2.34. The van der Waals surface area contributed by atoms with Gasteiger partial charge in [-0.05, 0) is 30.7 Å². The van der Waals surface area contributed by atoms with E-state index in [-0.39, 0.29) is 0 Å². The van der Waals surface area contributed by atoms with Crippen LogP contribution in [0, 0.1) is 0 Å². The zero-order chi connectivity index (χ0) is 13.5. The molecule has 2 nitrogen and oxygen atoms in total. The Morgan fingerprint density at radius 1 is 1.42 bits per heavy atom. The maximum atomic E-state index is 5.36. The Morgan fingerprint density at radius 3 is 3.00 bits per heavy atom. The van der Waals surface area contributed by atoms with E-state index in [2.05, 4.69) is 54.0 Å². The lowest BCUT2D eigenvalue weighted by molar-refractivity contribution is 0.413. The van der Waals surface area contributed by atoms with Gasteiger partial charge in [0.15, 0.2) is 0 Å². The van der Waals surface area contributed by atoms with Gasteiger partial charge in [-0.15, -0.1) is 0 Å². The second kappa shape index (κ2) is 8.08. The Labute approximate surface area is 125 Å². The molecule has 4 heteroatoms. The molecule has 1 fully saturated rings. The van der Waals surface area contributed by atoms with Crippen molar-refractivity contribution in [3.05, 3.63) is 29.8 Å².